The smallest absolute Gasteiger partial charge is 0.387 e. The Morgan fingerprint density at radius 2 is 2.03 bits per heavy atom. The van der Waals surface area contributed by atoms with E-state index >= 15 is 0 Å². The molecule has 2 heterocycles. The zero-order chi connectivity index (χ0) is 21.8. The van der Waals surface area contributed by atoms with E-state index in [0.717, 1.165) is 29.5 Å². The third-order valence-corrected chi connectivity index (χ3v) is 5.03. The Balaban J connectivity index is 1.63. The molecule has 4 rings (SSSR count). The lowest BCUT2D eigenvalue weighted by Crippen LogP contribution is -2.11. The molecule has 0 N–H and O–H groups in total. The topological polar surface area (TPSA) is 62.6 Å². The highest BCUT2D eigenvalue weighted by molar-refractivity contribution is 5.89. The lowest BCUT2D eigenvalue weighted by Gasteiger charge is -2.14. The van der Waals surface area contributed by atoms with Gasteiger partial charge in [0.1, 0.15) is 5.69 Å². The van der Waals surface area contributed by atoms with Crippen molar-refractivity contribution in [3.63, 3.8) is 0 Å². The molecule has 162 valence electrons. The summed E-state index contributed by atoms with van der Waals surface area (Å²) < 4.78 is 42.5. The predicted molar refractivity (Wildman–Crippen MR) is 109 cm³/mol. The van der Waals surface area contributed by atoms with Gasteiger partial charge in [0.2, 0.25) is 0 Å². The average Bonchev–Trinajstić information content (AvgIpc) is 3.51. The quantitative estimate of drug-likeness (QED) is 0.459. The van der Waals surface area contributed by atoms with Crippen molar-refractivity contribution >= 4 is 5.97 Å². The van der Waals surface area contributed by atoms with Crippen LogP contribution in [-0.2, 0) is 11.3 Å². The number of esters is 1. The van der Waals surface area contributed by atoms with E-state index in [9.17, 15) is 13.6 Å². The number of halogens is 2. The molecule has 8 heteroatoms. The molecule has 1 aromatic carbocycles. The fraction of sp³-hybridized carbons (Fsp3) is 0.304. The van der Waals surface area contributed by atoms with Crippen LogP contribution in [0.3, 0.4) is 0 Å². The summed E-state index contributed by atoms with van der Waals surface area (Å²) in [6.07, 6.45) is 7.37. The maximum Gasteiger partial charge on any atom is 0.387 e. The van der Waals surface area contributed by atoms with Gasteiger partial charge in [-0.15, -0.1) is 0 Å². The van der Waals surface area contributed by atoms with E-state index in [1.807, 2.05) is 18.3 Å². The van der Waals surface area contributed by atoms with Crippen LogP contribution >= 0.6 is 0 Å². The van der Waals surface area contributed by atoms with Gasteiger partial charge in [-0.1, -0.05) is 12.1 Å². The highest BCUT2D eigenvalue weighted by Gasteiger charge is 2.23. The lowest BCUT2D eigenvalue weighted by atomic mass is 10.1. The Hall–Kier alpha value is -3.42. The largest absolute Gasteiger partial charge is 0.489 e. The first-order chi connectivity index (χ1) is 15.0. The maximum atomic E-state index is 12.8. The highest BCUT2D eigenvalue weighted by Crippen LogP contribution is 2.34. The maximum absolute atomic E-state index is 12.8. The molecule has 31 heavy (non-hydrogen) atoms. The van der Waals surface area contributed by atoms with E-state index in [4.69, 9.17) is 9.47 Å². The van der Waals surface area contributed by atoms with Crippen LogP contribution in [0.1, 0.15) is 28.9 Å². The van der Waals surface area contributed by atoms with Gasteiger partial charge in [0.05, 0.1) is 13.7 Å². The number of nitrogens with zero attached hydrogens (tertiary/aromatic N) is 2. The van der Waals surface area contributed by atoms with Gasteiger partial charge in [0.25, 0.3) is 0 Å². The van der Waals surface area contributed by atoms with Gasteiger partial charge in [-0.3, -0.25) is 4.98 Å². The van der Waals surface area contributed by atoms with Gasteiger partial charge >= 0.3 is 12.6 Å². The van der Waals surface area contributed by atoms with Crippen LogP contribution < -0.4 is 9.47 Å². The molecule has 0 spiro atoms. The Bertz CT molecular complexity index is 1050. The van der Waals surface area contributed by atoms with Crippen molar-refractivity contribution in [2.45, 2.75) is 26.0 Å². The molecule has 1 fully saturated rings. The Kier molecular flexibility index (Phi) is 6.16. The van der Waals surface area contributed by atoms with Crippen LogP contribution in [0.2, 0.25) is 0 Å². The first-order valence-corrected chi connectivity index (χ1v) is 9.93. The van der Waals surface area contributed by atoms with Crippen molar-refractivity contribution in [3.8, 4) is 22.6 Å². The number of pyridine rings is 1. The molecule has 2 aromatic heterocycles. The predicted octanol–water partition coefficient (Wildman–Crippen LogP) is 4.78. The van der Waals surface area contributed by atoms with Crippen molar-refractivity contribution in [2.24, 2.45) is 5.92 Å². The Labute approximate surface area is 178 Å². The number of benzene rings is 1. The molecule has 0 saturated heterocycles. The van der Waals surface area contributed by atoms with Crippen LogP contribution in [0.5, 0.6) is 11.5 Å². The average molecular weight is 428 g/mol. The summed E-state index contributed by atoms with van der Waals surface area (Å²) in [6, 6.07) is 10.3. The second kappa shape index (κ2) is 9.16. The number of alkyl halides is 2. The van der Waals surface area contributed by atoms with Gasteiger partial charge in [0.15, 0.2) is 11.5 Å². The molecule has 0 bridgehead atoms. The van der Waals surface area contributed by atoms with E-state index in [1.54, 1.807) is 35.2 Å². The standard InChI is InChI=1S/C23H22F2N2O4/c1-29-22(28)19-10-18(17-3-2-8-26-11-17)13-27(19)12-16-6-7-20(31-23(24)25)21(9-16)30-14-15-4-5-15/h2-3,6-11,13,15,23H,4-5,12,14H2,1H3. The first kappa shape index (κ1) is 20.8. The van der Waals surface area contributed by atoms with Crippen molar-refractivity contribution in [1.82, 2.24) is 9.55 Å². The number of carbonyl (C=O) groups is 1. The third kappa shape index (κ3) is 5.20. The minimum Gasteiger partial charge on any atom is -0.489 e. The first-order valence-electron chi connectivity index (χ1n) is 9.93. The molecule has 0 radical (unpaired) electrons. The summed E-state index contributed by atoms with van der Waals surface area (Å²) >= 11 is 0. The highest BCUT2D eigenvalue weighted by atomic mass is 19.3. The molecular formula is C23H22F2N2O4. The molecule has 3 aromatic rings. The summed E-state index contributed by atoms with van der Waals surface area (Å²) in [5, 5.41) is 0. The minimum absolute atomic E-state index is 0.00357. The SMILES string of the molecule is COC(=O)c1cc(-c2cccnc2)cn1Cc1ccc(OC(F)F)c(OCC2CC2)c1. The van der Waals surface area contributed by atoms with E-state index < -0.39 is 12.6 Å². The van der Waals surface area contributed by atoms with E-state index in [-0.39, 0.29) is 11.5 Å². The number of methoxy groups -OCH3 is 1. The summed E-state index contributed by atoms with van der Waals surface area (Å²) in [4.78, 5) is 16.4. The number of carbonyl (C=O) groups excluding carboxylic acids is 1. The van der Waals surface area contributed by atoms with E-state index in [0.29, 0.717) is 24.8 Å². The molecule has 0 amide bonds. The van der Waals surface area contributed by atoms with Crippen LogP contribution in [0, 0.1) is 5.92 Å². The molecule has 0 aliphatic heterocycles. The van der Waals surface area contributed by atoms with Gasteiger partial charge in [-0.05, 0) is 48.6 Å². The number of hydrogen-bond donors (Lipinski definition) is 0. The molecule has 6 nitrogen and oxygen atoms in total. The van der Waals surface area contributed by atoms with Gasteiger partial charge in [-0.2, -0.15) is 8.78 Å². The zero-order valence-electron chi connectivity index (χ0n) is 17.0. The number of aromatic nitrogens is 2. The minimum atomic E-state index is -2.94. The number of ether oxygens (including phenoxy) is 3. The summed E-state index contributed by atoms with van der Waals surface area (Å²) in [6.45, 7) is -2.16. The van der Waals surface area contributed by atoms with Crippen LogP contribution in [0.15, 0.2) is 55.0 Å². The summed E-state index contributed by atoms with van der Waals surface area (Å²) in [5.41, 5.74) is 2.82. The lowest BCUT2D eigenvalue weighted by molar-refractivity contribution is -0.0515. The Morgan fingerprint density at radius 1 is 1.19 bits per heavy atom. The number of hydrogen-bond acceptors (Lipinski definition) is 5. The van der Waals surface area contributed by atoms with Crippen molar-refractivity contribution in [1.29, 1.82) is 0 Å². The second-order valence-corrected chi connectivity index (χ2v) is 7.39. The Morgan fingerprint density at radius 3 is 2.71 bits per heavy atom. The van der Waals surface area contributed by atoms with Gasteiger partial charge < -0.3 is 18.8 Å². The van der Waals surface area contributed by atoms with Crippen LogP contribution in [0.25, 0.3) is 11.1 Å². The van der Waals surface area contributed by atoms with E-state index in [2.05, 4.69) is 9.72 Å². The normalized spacial score (nSPS) is 13.3. The van der Waals surface area contributed by atoms with Gasteiger partial charge in [0, 0.05) is 36.3 Å². The molecule has 0 atom stereocenters. The molecule has 0 unspecified atom stereocenters. The second-order valence-electron chi connectivity index (χ2n) is 7.39. The van der Waals surface area contributed by atoms with Crippen LogP contribution in [0.4, 0.5) is 8.78 Å². The zero-order valence-corrected chi connectivity index (χ0v) is 17.0. The summed E-state index contributed by atoms with van der Waals surface area (Å²) in [7, 11) is 1.32. The van der Waals surface area contributed by atoms with Gasteiger partial charge in [-0.25, -0.2) is 4.79 Å². The third-order valence-electron chi connectivity index (χ3n) is 5.03. The number of rotatable bonds is 9. The van der Waals surface area contributed by atoms with Crippen LogP contribution in [-0.4, -0.2) is 35.8 Å². The fourth-order valence-electron chi connectivity index (χ4n) is 3.25. The van der Waals surface area contributed by atoms with Crippen molar-refractivity contribution in [2.75, 3.05) is 13.7 Å². The molecular weight excluding hydrogens is 406 g/mol. The molecule has 1 aliphatic carbocycles. The monoisotopic (exact) mass is 428 g/mol. The van der Waals surface area contributed by atoms with Crippen molar-refractivity contribution in [3.05, 3.63) is 66.2 Å². The van der Waals surface area contributed by atoms with E-state index in [1.165, 1.54) is 13.2 Å². The summed E-state index contributed by atoms with van der Waals surface area (Å²) in [5.74, 6) is 0.249. The fourth-order valence-corrected chi connectivity index (χ4v) is 3.25. The molecule has 1 saturated carbocycles. The molecule has 1 aliphatic rings. The van der Waals surface area contributed by atoms with Crippen molar-refractivity contribution < 1.29 is 27.8 Å².